The molecule has 0 atom stereocenters. The lowest BCUT2D eigenvalue weighted by Gasteiger charge is -2.12. The summed E-state index contributed by atoms with van der Waals surface area (Å²) in [6.45, 7) is 0. The summed E-state index contributed by atoms with van der Waals surface area (Å²) in [7, 11) is 0. The molecule has 1 heterocycles. The van der Waals surface area contributed by atoms with Crippen LogP contribution in [0.4, 0.5) is 0 Å². The number of rotatable bonds is 7. The number of hydrogen-bond acceptors (Lipinski definition) is 5. The Morgan fingerprint density at radius 3 is 2.22 bits per heavy atom. The molecule has 0 unspecified atom stereocenters. The van der Waals surface area contributed by atoms with Gasteiger partial charge in [-0.25, -0.2) is 10.4 Å². The number of nitrogens with zero attached hydrogens (tertiary/aromatic N) is 3. The zero-order valence-corrected chi connectivity index (χ0v) is 20.1. The van der Waals surface area contributed by atoms with Gasteiger partial charge in [-0.05, 0) is 41.0 Å². The van der Waals surface area contributed by atoms with E-state index >= 15 is 0 Å². The number of para-hydroxylation sites is 2. The van der Waals surface area contributed by atoms with Crippen LogP contribution in [0.15, 0.2) is 124 Å². The smallest absolute Gasteiger partial charge is 0.266 e. The number of hydrogen-bond donors (Lipinski definition) is 1. The van der Waals surface area contributed by atoms with Crippen LogP contribution in [0.25, 0.3) is 27.7 Å². The first kappa shape index (κ1) is 23.3. The molecule has 0 aliphatic rings. The summed E-state index contributed by atoms with van der Waals surface area (Å²) >= 11 is 1.19. The Labute approximate surface area is 212 Å². The van der Waals surface area contributed by atoms with Gasteiger partial charge in [0.1, 0.15) is 0 Å². The third kappa shape index (κ3) is 5.26. The molecule has 5 rings (SSSR count). The van der Waals surface area contributed by atoms with Gasteiger partial charge in [-0.1, -0.05) is 96.7 Å². The Balaban J connectivity index is 1.27. The van der Waals surface area contributed by atoms with Gasteiger partial charge in [0.25, 0.3) is 11.5 Å². The molecule has 6 nitrogen and oxygen atoms in total. The highest BCUT2D eigenvalue weighted by atomic mass is 32.2. The van der Waals surface area contributed by atoms with Gasteiger partial charge in [0.2, 0.25) is 0 Å². The van der Waals surface area contributed by atoms with Crippen molar-refractivity contribution < 1.29 is 4.79 Å². The molecule has 0 saturated carbocycles. The van der Waals surface area contributed by atoms with Crippen LogP contribution in [-0.4, -0.2) is 27.4 Å². The number of amides is 1. The number of carbonyl (C=O) groups is 1. The van der Waals surface area contributed by atoms with E-state index in [0.717, 1.165) is 16.7 Å². The molecule has 0 aliphatic carbocycles. The minimum atomic E-state index is -0.292. The fraction of sp³-hybridized carbons (Fsp3) is 0.0345. The second-order valence-corrected chi connectivity index (χ2v) is 8.90. The lowest BCUT2D eigenvalue weighted by molar-refractivity contribution is -0.118. The van der Waals surface area contributed by atoms with Crippen LogP contribution < -0.4 is 11.0 Å². The summed E-state index contributed by atoms with van der Waals surface area (Å²) in [4.78, 5) is 30.4. The van der Waals surface area contributed by atoms with Crippen LogP contribution in [0.1, 0.15) is 5.56 Å². The molecule has 1 N–H and O–H groups in total. The fourth-order valence-electron chi connectivity index (χ4n) is 3.75. The maximum atomic E-state index is 13.2. The second kappa shape index (κ2) is 10.8. The lowest BCUT2D eigenvalue weighted by atomic mass is 10.0. The van der Waals surface area contributed by atoms with Crippen molar-refractivity contribution in [3.63, 3.8) is 0 Å². The van der Waals surface area contributed by atoms with Gasteiger partial charge in [0.15, 0.2) is 5.16 Å². The van der Waals surface area contributed by atoms with E-state index in [4.69, 9.17) is 0 Å². The molecule has 0 radical (unpaired) electrons. The summed E-state index contributed by atoms with van der Waals surface area (Å²) in [5.74, 6) is -0.235. The van der Waals surface area contributed by atoms with Crippen molar-refractivity contribution in [3.05, 3.63) is 125 Å². The number of carbonyl (C=O) groups excluding carboxylic acids is 1. The molecule has 4 aromatic carbocycles. The molecule has 176 valence electrons. The number of aromatic nitrogens is 2. The molecule has 1 amide bonds. The highest BCUT2D eigenvalue weighted by molar-refractivity contribution is 7.99. The van der Waals surface area contributed by atoms with Gasteiger partial charge in [0.05, 0.1) is 28.6 Å². The van der Waals surface area contributed by atoms with E-state index in [1.807, 2.05) is 84.9 Å². The highest BCUT2D eigenvalue weighted by Crippen LogP contribution is 2.21. The number of nitrogens with one attached hydrogen (secondary N) is 1. The monoisotopic (exact) mass is 490 g/mol. The van der Waals surface area contributed by atoms with E-state index in [2.05, 4.69) is 27.6 Å². The van der Waals surface area contributed by atoms with Crippen molar-refractivity contribution >= 4 is 34.8 Å². The normalized spacial score (nSPS) is 11.1. The van der Waals surface area contributed by atoms with Gasteiger partial charge in [-0.15, -0.1) is 0 Å². The predicted octanol–water partition coefficient (Wildman–Crippen LogP) is 5.30. The topological polar surface area (TPSA) is 76.3 Å². The summed E-state index contributed by atoms with van der Waals surface area (Å²) in [6, 6.07) is 34.5. The molecule has 0 aliphatic heterocycles. The van der Waals surface area contributed by atoms with Crippen molar-refractivity contribution in [1.82, 2.24) is 15.0 Å². The van der Waals surface area contributed by atoms with Crippen LogP contribution in [-0.2, 0) is 4.79 Å². The summed E-state index contributed by atoms with van der Waals surface area (Å²) in [6.07, 6.45) is 1.60. The largest absolute Gasteiger partial charge is 0.272 e. The predicted molar refractivity (Wildman–Crippen MR) is 146 cm³/mol. The van der Waals surface area contributed by atoms with E-state index < -0.39 is 0 Å². The van der Waals surface area contributed by atoms with E-state index in [0.29, 0.717) is 21.7 Å². The maximum absolute atomic E-state index is 13.2. The fourth-order valence-corrected chi connectivity index (χ4v) is 4.55. The molecule has 5 aromatic rings. The molecule has 0 saturated heterocycles. The van der Waals surface area contributed by atoms with E-state index in [9.17, 15) is 9.59 Å². The minimum Gasteiger partial charge on any atom is -0.272 e. The summed E-state index contributed by atoms with van der Waals surface area (Å²) < 4.78 is 1.54. The first-order chi connectivity index (χ1) is 17.7. The van der Waals surface area contributed by atoms with Crippen molar-refractivity contribution in [1.29, 1.82) is 0 Å². The number of hydrazone groups is 1. The Hall–Kier alpha value is -4.49. The standard InChI is InChI=1S/C29H22N4O2S/c34-27(32-30-19-21-15-17-23(18-16-21)22-9-3-1-4-10-22)20-36-29-31-26-14-8-7-13-25(26)28(35)33(29)24-11-5-2-6-12-24/h1-19H,20H2,(H,32,34)/b30-19+. The van der Waals surface area contributed by atoms with Crippen molar-refractivity contribution in [3.8, 4) is 16.8 Å². The van der Waals surface area contributed by atoms with Gasteiger partial charge in [-0.3, -0.25) is 14.2 Å². The Kier molecular flexibility index (Phi) is 7.00. The maximum Gasteiger partial charge on any atom is 0.266 e. The number of fused-ring (bicyclic) bond motifs is 1. The third-order valence-corrected chi connectivity index (χ3v) is 6.45. The van der Waals surface area contributed by atoms with E-state index in [1.165, 1.54) is 16.3 Å². The highest BCUT2D eigenvalue weighted by Gasteiger charge is 2.14. The summed E-state index contributed by atoms with van der Waals surface area (Å²) in [5, 5.41) is 5.05. The molecule has 1 aromatic heterocycles. The van der Waals surface area contributed by atoms with Crippen molar-refractivity contribution in [2.24, 2.45) is 5.10 Å². The molecule has 0 bridgehead atoms. The van der Waals surface area contributed by atoms with Crippen LogP contribution >= 0.6 is 11.8 Å². The first-order valence-electron chi connectivity index (χ1n) is 11.4. The quantitative estimate of drug-likeness (QED) is 0.145. The second-order valence-electron chi connectivity index (χ2n) is 7.96. The molecule has 7 heteroatoms. The molecular weight excluding hydrogens is 468 g/mol. The zero-order valence-electron chi connectivity index (χ0n) is 19.2. The number of benzene rings is 4. The Bertz CT molecular complexity index is 1580. The van der Waals surface area contributed by atoms with E-state index in [1.54, 1.807) is 18.3 Å². The zero-order chi connectivity index (χ0) is 24.7. The van der Waals surface area contributed by atoms with Crippen LogP contribution in [0.5, 0.6) is 0 Å². The van der Waals surface area contributed by atoms with Gasteiger partial charge >= 0.3 is 0 Å². The summed E-state index contributed by atoms with van der Waals surface area (Å²) in [5.41, 5.74) is 6.79. The minimum absolute atomic E-state index is 0.0574. The average Bonchev–Trinajstić information content (AvgIpc) is 2.93. The van der Waals surface area contributed by atoms with Crippen molar-refractivity contribution in [2.75, 3.05) is 5.75 Å². The SMILES string of the molecule is O=C(CSc1nc2ccccc2c(=O)n1-c1ccccc1)N/N=C/c1ccc(-c2ccccc2)cc1. The van der Waals surface area contributed by atoms with Crippen LogP contribution in [0, 0.1) is 0 Å². The third-order valence-electron chi connectivity index (χ3n) is 5.51. The Morgan fingerprint density at radius 2 is 1.47 bits per heavy atom. The van der Waals surface area contributed by atoms with Gasteiger partial charge < -0.3 is 0 Å². The van der Waals surface area contributed by atoms with E-state index in [-0.39, 0.29) is 17.2 Å². The molecular formula is C29H22N4O2S. The first-order valence-corrected chi connectivity index (χ1v) is 12.3. The lowest BCUT2D eigenvalue weighted by Crippen LogP contribution is -2.24. The van der Waals surface area contributed by atoms with Gasteiger partial charge in [-0.2, -0.15) is 5.10 Å². The molecule has 0 spiro atoms. The Morgan fingerprint density at radius 1 is 0.833 bits per heavy atom. The number of thioether (sulfide) groups is 1. The van der Waals surface area contributed by atoms with Gasteiger partial charge in [0, 0.05) is 0 Å². The molecule has 36 heavy (non-hydrogen) atoms. The van der Waals surface area contributed by atoms with Crippen LogP contribution in [0.2, 0.25) is 0 Å². The average molecular weight is 491 g/mol. The van der Waals surface area contributed by atoms with Crippen LogP contribution in [0.3, 0.4) is 0 Å². The molecule has 0 fully saturated rings. The van der Waals surface area contributed by atoms with Crippen molar-refractivity contribution in [2.45, 2.75) is 5.16 Å².